The number of aromatic nitrogens is 2. The number of hydrogen-bond acceptors (Lipinski definition) is 4. The van der Waals surface area contributed by atoms with Crippen molar-refractivity contribution in [3.63, 3.8) is 0 Å². The first-order valence-corrected chi connectivity index (χ1v) is 11.7. The van der Waals surface area contributed by atoms with Gasteiger partial charge in [-0.1, -0.05) is 30.3 Å². The number of rotatable bonds is 6. The van der Waals surface area contributed by atoms with E-state index in [0.29, 0.717) is 17.1 Å². The maximum Gasteiger partial charge on any atom is 0.256 e. The Morgan fingerprint density at radius 2 is 1.69 bits per heavy atom. The van der Waals surface area contributed by atoms with Crippen molar-refractivity contribution in [3.05, 3.63) is 84.1 Å². The second-order valence-electron chi connectivity index (χ2n) is 7.86. The number of nitrogens with one attached hydrogen (secondary N) is 2. The Bertz CT molecular complexity index is 1380. The second-order valence-corrected chi connectivity index (χ2v) is 9.58. The molecule has 0 bridgehead atoms. The zero-order valence-electron chi connectivity index (χ0n) is 18.0. The number of anilines is 1. The molecule has 2 aromatic heterocycles. The van der Waals surface area contributed by atoms with Gasteiger partial charge in [-0.3, -0.25) is 9.20 Å². The zero-order valence-corrected chi connectivity index (χ0v) is 18.8. The van der Waals surface area contributed by atoms with Crippen LogP contribution in [0.3, 0.4) is 0 Å². The van der Waals surface area contributed by atoms with Crippen molar-refractivity contribution in [1.29, 1.82) is 0 Å². The van der Waals surface area contributed by atoms with Crippen LogP contribution in [0.25, 0.3) is 16.9 Å². The van der Waals surface area contributed by atoms with Crippen LogP contribution in [0.5, 0.6) is 0 Å². The van der Waals surface area contributed by atoms with E-state index in [2.05, 4.69) is 10.0 Å². The molecule has 7 nitrogen and oxygen atoms in total. The van der Waals surface area contributed by atoms with Gasteiger partial charge in [-0.15, -0.1) is 0 Å². The highest BCUT2D eigenvalue weighted by molar-refractivity contribution is 7.89. The van der Waals surface area contributed by atoms with Gasteiger partial charge in [0.25, 0.3) is 5.91 Å². The molecule has 0 radical (unpaired) electrons. The molecule has 0 aliphatic carbocycles. The molecule has 0 spiro atoms. The summed E-state index contributed by atoms with van der Waals surface area (Å²) in [6.07, 6.45) is 1.87. The topological polar surface area (TPSA) is 92.6 Å². The van der Waals surface area contributed by atoms with Crippen molar-refractivity contribution >= 4 is 27.4 Å². The summed E-state index contributed by atoms with van der Waals surface area (Å²) in [5.74, 6) is 0.194. The van der Waals surface area contributed by atoms with Gasteiger partial charge in [0, 0.05) is 23.4 Å². The SMILES string of the molecule is Cc1ccn2c(NC(=O)c3ccc(S(=O)(=O)NC(C)C)cc3)c(-c3ccccc3)nc2c1. The van der Waals surface area contributed by atoms with Gasteiger partial charge in [0.2, 0.25) is 10.0 Å². The summed E-state index contributed by atoms with van der Waals surface area (Å²) in [4.78, 5) is 17.9. The minimum absolute atomic E-state index is 0.109. The maximum atomic E-state index is 13.0. The van der Waals surface area contributed by atoms with E-state index in [-0.39, 0.29) is 16.8 Å². The Morgan fingerprint density at radius 1 is 1.00 bits per heavy atom. The highest BCUT2D eigenvalue weighted by Crippen LogP contribution is 2.29. The van der Waals surface area contributed by atoms with Crippen molar-refractivity contribution in [1.82, 2.24) is 14.1 Å². The van der Waals surface area contributed by atoms with Crippen LogP contribution in [0.4, 0.5) is 5.82 Å². The van der Waals surface area contributed by atoms with Crippen LogP contribution < -0.4 is 10.0 Å². The average Bonchev–Trinajstić information content (AvgIpc) is 3.11. The first-order valence-electron chi connectivity index (χ1n) is 10.2. The number of benzene rings is 2. The largest absolute Gasteiger partial charge is 0.306 e. The maximum absolute atomic E-state index is 13.0. The lowest BCUT2D eigenvalue weighted by molar-refractivity contribution is 0.102. The zero-order chi connectivity index (χ0) is 22.9. The highest BCUT2D eigenvalue weighted by Gasteiger charge is 2.19. The smallest absolute Gasteiger partial charge is 0.256 e. The van der Waals surface area contributed by atoms with E-state index in [1.807, 2.05) is 60.0 Å². The molecule has 0 aliphatic rings. The third-order valence-electron chi connectivity index (χ3n) is 4.88. The number of amides is 1. The fourth-order valence-corrected chi connectivity index (χ4v) is 4.66. The lowest BCUT2D eigenvalue weighted by Gasteiger charge is -2.11. The standard InChI is InChI=1S/C24H24N4O3S/c1-16(2)27-32(30,31)20-11-9-19(10-12-20)24(29)26-23-22(18-7-5-4-6-8-18)25-21-15-17(3)13-14-28(21)23/h4-16,27H,1-3H3,(H,26,29). The number of nitrogens with zero attached hydrogens (tertiary/aromatic N) is 2. The lowest BCUT2D eigenvalue weighted by atomic mass is 10.1. The summed E-state index contributed by atoms with van der Waals surface area (Å²) in [7, 11) is -3.62. The minimum atomic E-state index is -3.62. The van der Waals surface area contributed by atoms with Crippen molar-refractivity contribution in [3.8, 4) is 11.3 Å². The summed E-state index contributed by atoms with van der Waals surface area (Å²) < 4.78 is 29.0. The average molecular weight is 449 g/mol. The number of pyridine rings is 1. The molecule has 0 aliphatic heterocycles. The Kier molecular flexibility index (Phi) is 5.82. The Balaban J connectivity index is 1.68. The molecule has 32 heavy (non-hydrogen) atoms. The van der Waals surface area contributed by atoms with E-state index in [4.69, 9.17) is 4.98 Å². The van der Waals surface area contributed by atoms with Gasteiger partial charge in [0.05, 0.1) is 4.90 Å². The van der Waals surface area contributed by atoms with Gasteiger partial charge in [0.1, 0.15) is 17.2 Å². The summed E-state index contributed by atoms with van der Waals surface area (Å²) in [5.41, 5.74) is 3.66. The number of aryl methyl sites for hydroxylation is 1. The molecular weight excluding hydrogens is 424 g/mol. The van der Waals surface area contributed by atoms with E-state index in [9.17, 15) is 13.2 Å². The Hall–Kier alpha value is -3.49. The fraction of sp³-hybridized carbons (Fsp3) is 0.167. The van der Waals surface area contributed by atoms with Gasteiger partial charge in [-0.05, 0) is 62.7 Å². The molecular formula is C24H24N4O3S. The van der Waals surface area contributed by atoms with Crippen LogP contribution in [0.2, 0.25) is 0 Å². The van der Waals surface area contributed by atoms with E-state index in [1.54, 1.807) is 13.8 Å². The predicted molar refractivity (Wildman–Crippen MR) is 125 cm³/mol. The second kappa shape index (κ2) is 8.57. The first kappa shape index (κ1) is 21.7. The molecule has 0 saturated carbocycles. The lowest BCUT2D eigenvalue weighted by Crippen LogP contribution is -2.30. The van der Waals surface area contributed by atoms with Gasteiger partial charge in [-0.2, -0.15) is 0 Å². The molecule has 4 aromatic rings. The van der Waals surface area contributed by atoms with Crippen LogP contribution in [0.15, 0.2) is 77.8 Å². The molecule has 164 valence electrons. The molecule has 0 atom stereocenters. The van der Waals surface area contributed by atoms with Crippen molar-refractivity contribution in [2.24, 2.45) is 0 Å². The van der Waals surface area contributed by atoms with Crippen LogP contribution >= 0.6 is 0 Å². The summed E-state index contributed by atoms with van der Waals surface area (Å²) in [6.45, 7) is 5.49. The third kappa shape index (κ3) is 4.42. The fourth-order valence-electron chi connectivity index (χ4n) is 3.41. The number of hydrogen-bond donors (Lipinski definition) is 2. The van der Waals surface area contributed by atoms with Gasteiger partial charge in [-0.25, -0.2) is 18.1 Å². The molecule has 2 N–H and O–H groups in total. The van der Waals surface area contributed by atoms with E-state index < -0.39 is 10.0 Å². The van der Waals surface area contributed by atoms with Gasteiger partial charge < -0.3 is 5.32 Å². The highest BCUT2D eigenvalue weighted by atomic mass is 32.2. The minimum Gasteiger partial charge on any atom is -0.306 e. The summed E-state index contributed by atoms with van der Waals surface area (Å²) in [5, 5.41) is 2.95. The molecule has 2 heterocycles. The predicted octanol–water partition coefficient (Wildman–Crippen LogP) is 4.25. The van der Waals surface area contributed by atoms with Gasteiger partial charge >= 0.3 is 0 Å². The van der Waals surface area contributed by atoms with Crippen LogP contribution in [-0.4, -0.2) is 29.8 Å². The van der Waals surface area contributed by atoms with Crippen LogP contribution in [0.1, 0.15) is 29.8 Å². The number of imidazole rings is 1. The quantitative estimate of drug-likeness (QED) is 0.461. The number of fused-ring (bicyclic) bond motifs is 1. The molecule has 1 amide bonds. The van der Waals surface area contributed by atoms with Crippen LogP contribution in [0, 0.1) is 6.92 Å². The van der Waals surface area contributed by atoms with Crippen LogP contribution in [-0.2, 0) is 10.0 Å². The van der Waals surface area contributed by atoms with Gasteiger partial charge in [0.15, 0.2) is 0 Å². The van der Waals surface area contributed by atoms with E-state index in [1.165, 1.54) is 24.3 Å². The van der Waals surface area contributed by atoms with Crippen molar-refractivity contribution in [2.75, 3.05) is 5.32 Å². The molecule has 4 rings (SSSR count). The third-order valence-corrected chi connectivity index (χ3v) is 6.55. The monoisotopic (exact) mass is 448 g/mol. The van der Waals surface area contributed by atoms with Crippen molar-refractivity contribution in [2.45, 2.75) is 31.7 Å². The Morgan fingerprint density at radius 3 is 2.34 bits per heavy atom. The molecule has 8 heteroatoms. The summed E-state index contributed by atoms with van der Waals surface area (Å²) in [6, 6.07) is 19.1. The number of carbonyl (C=O) groups is 1. The van der Waals surface area contributed by atoms with E-state index in [0.717, 1.165) is 16.8 Å². The molecule has 0 unspecified atom stereocenters. The molecule has 2 aromatic carbocycles. The first-order chi connectivity index (χ1) is 15.2. The number of sulfonamides is 1. The summed E-state index contributed by atoms with van der Waals surface area (Å²) >= 11 is 0. The number of carbonyl (C=O) groups excluding carboxylic acids is 1. The Labute approximate surface area is 187 Å². The van der Waals surface area contributed by atoms with E-state index >= 15 is 0 Å². The molecule has 0 saturated heterocycles. The normalized spacial score (nSPS) is 11.8. The molecule has 0 fully saturated rings. The van der Waals surface area contributed by atoms with Crippen molar-refractivity contribution < 1.29 is 13.2 Å².